The Morgan fingerprint density at radius 3 is 2.71 bits per heavy atom. The van der Waals surface area contributed by atoms with Crippen LogP contribution in [0.1, 0.15) is 30.7 Å². The van der Waals surface area contributed by atoms with Gasteiger partial charge in [0.25, 0.3) is 11.5 Å². The van der Waals surface area contributed by atoms with Gasteiger partial charge < -0.3 is 10.6 Å². The third-order valence-electron chi connectivity index (χ3n) is 6.21. The van der Waals surface area contributed by atoms with Crippen LogP contribution in [0.2, 0.25) is 5.02 Å². The van der Waals surface area contributed by atoms with Crippen LogP contribution in [0.15, 0.2) is 53.7 Å². The predicted octanol–water partition coefficient (Wildman–Crippen LogP) is 3.40. The molecule has 2 atom stereocenters. The van der Waals surface area contributed by atoms with E-state index in [1.165, 1.54) is 14.0 Å². The molecule has 1 unspecified atom stereocenters. The van der Waals surface area contributed by atoms with E-state index in [2.05, 4.69) is 15.1 Å². The van der Waals surface area contributed by atoms with E-state index in [0.717, 1.165) is 6.33 Å². The van der Waals surface area contributed by atoms with Crippen LogP contribution in [0.3, 0.4) is 0 Å². The number of anilines is 2. The molecule has 4 heterocycles. The lowest BCUT2D eigenvalue weighted by atomic mass is 9.97. The summed E-state index contributed by atoms with van der Waals surface area (Å²) < 4.78 is 32.3. The van der Waals surface area contributed by atoms with Crippen LogP contribution >= 0.6 is 11.6 Å². The number of para-hydroxylation sites is 1. The van der Waals surface area contributed by atoms with Gasteiger partial charge in [0.05, 0.1) is 17.3 Å². The Labute approximate surface area is 203 Å². The highest BCUT2D eigenvalue weighted by molar-refractivity contribution is 6.33. The smallest absolute Gasteiger partial charge is 0.284 e. The first-order valence-corrected chi connectivity index (χ1v) is 11.1. The number of nitrogens with zero attached hydrogens (tertiary/aromatic N) is 7. The van der Waals surface area contributed by atoms with E-state index in [0.29, 0.717) is 5.69 Å². The Balaban J connectivity index is 1.71. The van der Waals surface area contributed by atoms with E-state index in [1.807, 2.05) is 6.07 Å². The van der Waals surface area contributed by atoms with Gasteiger partial charge in [-0.2, -0.15) is 10.4 Å². The van der Waals surface area contributed by atoms with Gasteiger partial charge in [0.1, 0.15) is 35.1 Å². The fourth-order valence-corrected chi connectivity index (χ4v) is 4.80. The minimum Gasteiger partial charge on any atom is -0.382 e. The molecule has 0 amide bonds. The number of hydrogen-bond donors (Lipinski definition) is 1. The van der Waals surface area contributed by atoms with Crippen LogP contribution in [0.5, 0.6) is 0 Å². The standard InChI is InChI=1S/C23H19ClF2N8O/c1-13(17-9-23(25,26)11-32(17)21-15(10-27)19(28)29-12-30-21)20-31-33-8-7-16(24)18(33)22(35)34(20)14-5-3-2-4-6-14/h2-8,12-13,17H,9,11H2,1H3,(H2,28,29,30)/t13?,17-/m0/s1. The zero-order valence-corrected chi connectivity index (χ0v) is 19.2. The zero-order valence-electron chi connectivity index (χ0n) is 18.4. The number of halogens is 3. The van der Waals surface area contributed by atoms with Crippen molar-refractivity contribution in [3.05, 3.63) is 75.7 Å². The number of aromatic nitrogens is 5. The van der Waals surface area contributed by atoms with Crippen molar-refractivity contribution in [2.24, 2.45) is 0 Å². The van der Waals surface area contributed by atoms with E-state index in [9.17, 15) is 18.8 Å². The number of nitrogen functional groups attached to an aromatic ring is 1. The molecular formula is C23H19ClF2N8O. The number of hydrogen-bond acceptors (Lipinski definition) is 7. The van der Waals surface area contributed by atoms with Gasteiger partial charge in [-0.05, 0) is 18.2 Å². The first-order valence-electron chi connectivity index (χ1n) is 10.7. The maximum atomic E-state index is 14.8. The number of alkyl halides is 2. The van der Waals surface area contributed by atoms with Crippen molar-refractivity contribution < 1.29 is 8.78 Å². The van der Waals surface area contributed by atoms with Gasteiger partial charge >= 0.3 is 0 Å². The molecule has 0 aliphatic carbocycles. The fourth-order valence-electron chi connectivity index (χ4n) is 4.58. The molecule has 0 spiro atoms. The van der Waals surface area contributed by atoms with Crippen LogP contribution in [0.4, 0.5) is 20.4 Å². The van der Waals surface area contributed by atoms with Gasteiger partial charge in [-0.3, -0.25) is 9.36 Å². The minimum atomic E-state index is -3.07. The minimum absolute atomic E-state index is 0.0210. The van der Waals surface area contributed by atoms with Crippen LogP contribution in [0.25, 0.3) is 11.2 Å². The van der Waals surface area contributed by atoms with Crippen LogP contribution in [0, 0.1) is 11.3 Å². The molecule has 9 nitrogen and oxygen atoms in total. The first-order chi connectivity index (χ1) is 16.7. The second-order valence-corrected chi connectivity index (χ2v) is 8.81. The van der Waals surface area contributed by atoms with E-state index in [4.69, 9.17) is 17.3 Å². The predicted molar refractivity (Wildman–Crippen MR) is 126 cm³/mol. The molecule has 178 valence electrons. The largest absolute Gasteiger partial charge is 0.382 e. The molecule has 3 aromatic heterocycles. The lowest BCUT2D eigenvalue weighted by molar-refractivity contribution is 0.0214. The molecule has 12 heteroatoms. The van der Waals surface area contributed by atoms with Gasteiger partial charge in [0.2, 0.25) is 0 Å². The number of benzene rings is 1. The zero-order chi connectivity index (χ0) is 24.9. The lowest BCUT2D eigenvalue weighted by Gasteiger charge is -2.31. The van der Waals surface area contributed by atoms with E-state index in [-0.39, 0.29) is 33.6 Å². The summed E-state index contributed by atoms with van der Waals surface area (Å²) in [4.78, 5) is 22.8. The summed E-state index contributed by atoms with van der Waals surface area (Å²) in [6.07, 6.45) is 2.15. The molecule has 0 radical (unpaired) electrons. The van der Waals surface area contributed by atoms with Crippen LogP contribution in [-0.4, -0.2) is 42.7 Å². The van der Waals surface area contributed by atoms with Crippen LogP contribution in [-0.2, 0) is 0 Å². The first kappa shape index (κ1) is 22.7. The van der Waals surface area contributed by atoms with Gasteiger partial charge in [0.15, 0.2) is 5.82 Å². The SMILES string of the molecule is CC(c1nn2ccc(Cl)c2c(=O)n1-c1ccccc1)[C@@H]1CC(F)(F)CN1c1ncnc(N)c1C#N. The Morgan fingerprint density at radius 2 is 2.00 bits per heavy atom. The summed E-state index contributed by atoms with van der Waals surface area (Å²) in [5.41, 5.74) is 6.01. The van der Waals surface area contributed by atoms with Crippen molar-refractivity contribution in [2.75, 3.05) is 17.2 Å². The summed E-state index contributed by atoms with van der Waals surface area (Å²) >= 11 is 6.25. The van der Waals surface area contributed by atoms with Gasteiger partial charge in [-0.15, -0.1) is 0 Å². The summed E-state index contributed by atoms with van der Waals surface area (Å²) in [7, 11) is 0. The molecule has 0 bridgehead atoms. The third-order valence-corrected chi connectivity index (χ3v) is 6.52. The number of fused-ring (bicyclic) bond motifs is 1. The average molecular weight is 497 g/mol. The molecule has 0 saturated carbocycles. The molecular weight excluding hydrogens is 478 g/mol. The quantitative estimate of drug-likeness (QED) is 0.460. The maximum absolute atomic E-state index is 14.8. The van der Waals surface area contributed by atoms with Gasteiger partial charge in [-0.1, -0.05) is 36.7 Å². The molecule has 35 heavy (non-hydrogen) atoms. The molecule has 1 aromatic carbocycles. The molecule has 2 N–H and O–H groups in total. The third kappa shape index (κ3) is 3.76. The Morgan fingerprint density at radius 1 is 1.26 bits per heavy atom. The number of nitriles is 1. The summed E-state index contributed by atoms with van der Waals surface area (Å²) in [6.45, 7) is 1.05. The monoisotopic (exact) mass is 496 g/mol. The van der Waals surface area contributed by atoms with E-state index >= 15 is 0 Å². The topological polar surface area (TPSA) is 118 Å². The van der Waals surface area contributed by atoms with Crippen LogP contribution < -0.4 is 16.2 Å². The summed E-state index contributed by atoms with van der Waals surface area (Å²) in [6, 6.07) is 11.4. The van der Waals surface area contributed by atoms with E-state index in [1.54, 1.807) is 49.5 Å². The highest BCUT2D eigenvalue weighted by Gasteiger charge is 2.49. The Bertz CT molecular complexity index is 1530. The molecule has 4 aromatic rings. The van der Waals surface area contributed by atoms with Crippen molar-refractivity contribution in [1.82, 2.24) is 24.1 Å². The number of rotatable bonds is 4. The molecule has 1 saturated heterocycles. The summed E-state index contributed by atoms with van der Waals surface area (Å²) in [5, 5.41) is 14.4. The van der Waals surface area contributed by atoms with Crippen molar-refractivity contribution >= 4 is 28.8 Å². The molecule has 1 aliphatic heterocycles. The Kier molecular flexibility index (Phi) is 5.40. The normalized spacial score (nSPS) is 18.0. The summed E-state index contributed by atoms with van der Waals surface area (Å²) in [5.74, 6) is -3.57. The van der Waals surface area contributed by atoms with Crippen molar-refractivity contribution in [2.45, 2.75) is 31.2 Å². The van der Waals surface area contributed by atoms with Crippen molar-refractivity contribution in [1.29, 1.82) is 5.26 Å². The van der Waals surface area contributed by atoms with Gasteiger partial charge in [0, 0.05) is 24.6 Å². The average Bonchev–Trinajstić information content (AvgIpc) is 3.37. The fraction of sp³-hybridized carbons (Fsp3) is 0.261. The van der Waals surface area contributed by atoms with Gasteiger partial charge in [-0.25, -0.2) is 23.3 Å². The van der Waals surface area contributed by atoms with Crippen molar-refractivity contribution in [3.63, 3.8) is 0 Å². The lowest BCUT2D eigenvalue weighted by Crippen LogP contribution is -2.38. The molecule has 1 fully saturated rings. The maximum Gasteiger partial charge on any atom is 0.284 e. The molecule has 1 aliphatic rings. The van der Waals surface area contributed by atoms with Crippen molar-refractivity contribution in [3.8, 4) is 11.8 Å². The Hall–Kier alpha value is -4.04. The van der Waals surface area contributed by atoms with E-state index < -0.39 is 36.4 Å². The molecule has 5 rings (SSSR count). The second-order valence-electron chi connectivity index (χ2n) is 8.40. The number of nitrogens with two attached hydrogens (primary N) is 1. The highest BCUT2D eigenvalue weighted by Crippen LogP contribution is 2.42. The second kappa shape index (κ2) is 8.32. The highest BCUT2D eigenvalue weighted by atomic mass is 35.5.